The number of nitrogens with zero attached hydrogens (tertiary/aromatic N) is 1. The molecule has 0 bridgehead atoms. The molecular weight excluding hydrogens is 471 g/mol. The molecule has 0 aliphatic heterocycles. The van der Waals surface area contributed by atoms with E-state index < -0.39 is 15.9 Å². The van der Waals surface area contributed by atoms with E-state index >= 15 is 0 Å². The Morgan fingerprint density at radius 3 is 2.31 bits per heavy atom. The van der Waals surface area contributed by atoms with Gasteiger partial charge in [-0.25, -0.2) is 9.18 Å². The molecule has 0 aliphatic carbocycles. The number of rotatable bonds is 10. The molecule has 1 atom stereocenters. The van der Waals surface area contributed by atoms with Crippen molar-refractivity contribution in [2.45, 2.75) is 44.3 Å². The van der Waals surface area contributed by atoms with Crippen molar-refractivity contribution in [1.82, 2.24) is 10.2 Å². The van der Waals surface area contributed by atoms with Crippen molar-refractivity contribution in [3.05, 3.63) is 89.7 Å². The molecule has 0 saturated carbocycles. The molecule has 0 heterocycles. The molecule has 2 amide bonds. The number of hydrogen-bond donors (Lipinski definition) is 1. The van der Waals surface area contributed by atoms with Gasteiger partial charge in [0.05, 0.1) is 7.11 Å². The van der Waals surface area contributed by atoms with Crippen molar-refractivity contribution in [2.75, 3.05) is 7.11 Å². The van der Waals surface area contributed by atoms with E-state index in [9.17, 15) is 17.6 Å². The Labute approximate surface area is 205 Å². The third-order valence-corrected chi connectivity index (χ3v) is 6.80. The normalized spacial score (nSPS) is 12.0. The van der Waals surface area contributed by atoms with Crippen LogP contribution in [-0.2, 0) is 23.2 Å². The van der Waals surface area contributed by atoms with Gasteiger partial charge in [0.1, 0.15) is 10.7 Å². The van der Waals surface area contributed by atoms with Gasteiger partial charge in [-0.05, 0) is 60.9 Å². The molecule has 0 spiro atoms. The van der Waals surface area contributed by atoms with Crippen LogP contribution in [0, 0.1) is 5.82 Å². The Morgan fingerprint density at radius 1 is 1.00 bits per heavy atom. The predicted molar refractivity (Wildman–Crippen MR) is 131 cm³/mol. The molecule has 3 aromatic carbocycles. The van der Waals surface area contributed by atoms with Gasteiger partial charge < -0.3 is 19.1 Å². The number of methoxy groups -OCH3 is 1. The second kappa shape index (κ2) is 11.7. The van der Waals surface area contributed by atoms with Crippen molar-refractivity contribution >= 4 is 16.1 Å². The number of amides is 2. The van der Waals surface area contributed by atoms with Crippen molar-refractivity contribution < 1.29 is 26.5 Å². The number of ether oxygens (including phenoxy) is 1. The lowest BCUT2D eigenvalue weighted by Crippen LogP contribution is -2.44. The molecule has 1 N–H and O–H groups in total. The first-order valence-corrected chi connectivity index (χ1v) is 12.6. The van der Waals surface area contributed by atoms with Gasteiger partial charge in [-0.3, -0.25) is 0 Å². The maximum atomic E-state index is 13.2. The molecule has 0 aromatic heterocycles. The zero-order valence-corrected chi connectivity index (χ0v) is 20.7. The summed E-state index contributed by atoms with van der Waals surface area (Å²) in [5.74, 6) is -0.370. The number of carbonyl (C=O) groups excluding carboxylic acids is 1. The van der Waals surface area contributed by atoms with Crippen molar-refractivity contribution in [3.8, 4) is 11.5 Å². The summed E-state index contributed by atoms with van der Waals surface area (Å²) in [6, 6.07) is 18.5. The van der Waals surface area contributed by atoms with Crippen LogP contribution in [0.1, 0.15) is 31.4 Å². The minimum absolute atomic E-state index is 0.0249. The highest BCUT2D eigenvalue weighted by atomic mass is 32.2. The highest BCUT2D eigenvalue weighted by molar-refractivity contribution is 7.87. The summed E-state index contributed by atoms with van der Waals surface area (Å²) in [7, 11) is -2.83. The Hall–Kier alpha value is -3.59. The molecule has 7 nitrogen and oxygen atoms in total. The summed E-state index contributed by atoms with van der Waals surface area (Å²) >= 11 is 0. The fourth-order valence-electron chi connectivity index (χ4n) is 3.37. The van der Waals surface area contributed by atoms with E-state index in [0.29, 0.717) is 12.1 Å². The number of urea groups is 1. The molecule has 35 heavy (non-hydrogen) atoms. The average molecular weight is 501 g/mol. The van der Waals surface area contributed by atoms with Crippen molar-refractivity contribution in [2.24, 2.45) is 0 Å². The second-order valence-electron chi connectivity index (χ2n) is 8.01. The smallest absolute Gasteiger partial charge is 0.339 e. The lowest BCUT2D eigenvalue weighted by molar-refractivity contribution is 0.173. The standard InChI is InChI=1S/C26H29FN2O5S/c1-4-19(2)29(26(30)28-17-20-8-6-5-7-9-20)18-21-10-15-24(33-3)25(16-21)34-35(31,32)23-13-11-22(27)12-14-23/h5-16,19H,4,17-18H2,1-3H3,(H,28,30). The fraction of sp³-hybridized carbons (Fsp3) is 0.269. The maximum Gasteiger partial charge on any atom is 0.339 e. The topological polar surface area (TPSA) is 84.9 Å². The van der Waals surface area contributed by atoms with Crippen LogP contribution in [0.5, 0.6) is 11.5 Å². The van der Waals surface area contributed by atoms with E-state index in [1.807, 2.05) is 44.2 Å². The molecular formula is C26H29FN2O5S. The van der Waals surface area contributed by atoms with Crippen molar-refractivity contribution in [3.63, 3.8) is 0 Å². The Morgan fingerprint density at radius 2 is 1.69 bits per heavy atom. The molecule has 3 aromatic rings. The molecule has 0 fully saturated rings. The number of nitrogens with one attached hydrogen (secondary N) is 1. The third-order valence-electron chi connectivity index (χ3n) is 5.55. The van der Waals surface area contributed by atoms with Gasteiger partial charge in [0.25, 0.3) is 0 Å². The number of hydrogen-bond acceptors (Lipinski definition) is 5. The molecule has 0 radical (unpaired) electrons. The minimum Gasteiger partial charge on any atom is -0.493 e. The number of benzene rings is 3. The van der Waals surface area contributed by atoms with E-state index in [4.69, 9.17) is 8.92 Å². The zero-order valence-electron chi connectivity index (χ0n) is 19.9. The summed E-state index contributed by atoms with van der Waals surface area (Å²) in [6.45, 7) is 4.55. The molecule has 9 heteroatoms. The highest BCUT2D eigenvalue weighted by Gasteiger charge is 2.22. The van der Waals surface area contributed by atoms with Crippen LogP contribution in [0.4, 0.5) is 9.18 Å². The lowest BCUT2D eigenvalue weighted by atomic mass is 10.1. The summed E-state index contributed by atoms with van der Waals surface area (Å²) < 4.78 is 49.3. The van der Waals surface area contributed by atoms with Crippen molar-refractivity contribution in [1.29, 1.82) is 0 Å². The zero-order chi connectivity index (χ0) is 25.4. The quantitative estimate of drug-likeness (QED) is 0.391. The second-order valence-corrected chi connectivity index (χ2v) is 9.55. The highest BCUT2D eigenvalue weighted by Crippen LogP contribution is 2.31. The predicted octanol–water partition coefficient (Wildman–Crippen LogP) is 5.11. The average Bonchev–Trinajstić information content (AvgIpc) is 2.86. The molecule has 0 saturated heterocycles. The first-order valence-electron chi connectivity index (χ1n) is 11.2. The molecule has 186 valence electrons. The van der Waals surface area contributed by atoms with Crippen LogP contribution in [0.25, 0.3) is 0 Å². The van der Waals surface area contributed by atoms with E-state index in [1.54, 1.807) is 17.0 Å². The van der Waals surface area contributed by atoms with E-state index in [0.717, 1.165) is 36.2 Å². The number of carbonyl (C=O) groups is 1. The first-order chi connectivity index (χ1) is 16.7. The van der Waals surface area contributed by atoms with E-state index in [2.05, 4.69) is 5.32 Å². The maximum absolute atomic E-state index is 13.2. The monoisotopic (exact) mass is 500 g/mol. The Kier molecular flexibility index (Phi) is 8.70. The molecule has 0 aliphatic rings. The summed E-state index contributed by atoms with van der Waals surface area (Å²) in [5.41, 5.74) is 1.64. The Bertz CT molecular complexity index is 1230. The molecule has 1 unspecified atom stereocenters. The number of halogens is 1. The Balaban J connectivity index is 1.81. The van der Waals surface area contributed by atoms with Gasteiger partial charge in [-0.2, -0.15) is 8.42 Å². The van der Waals surface area contributed by atoms with Crippen LogP contribution in [-0.4, -0.2) is 32.5 Å². The SMILES string of the molecule is CCC(C)N(Cc1ccc(OC)c(OS(=O)(=O)c2ccc(F)cc2)c1)C(=O)NCc1ccccc1. The van der Waals surface area contributed by atoms with E-state index in [-0.39, 0.29) is 35.0 Å². The van der Waals surface area contributed by atoms with E-state index in [1.165, 1.54) is 13.2 Å². The summed E-state index contributed by atoms with van der Waals surface area (Å²) in [6.07, 6.45) is 0.733. The van der Waals surface area contributed by atoms with Crippen LogP contribution in [0.3, 0.4) is 0 Å². The van der Waals surface area contributed by atoms with Gasteiger partial charge in [-0.15, -0.1) is 0 Å². The van der Waals surface area contributed by atoms with Gasteiger partial charge in [0.15, 0.2) is 11.5 Å². The van der Waals surface area contributed by atoms with Crippen LogP contribution in [0.2, 0.25) is 0 Å². The van der Waals surface area contributed by atoms with Gasteiger partial charge in [0, 0.05) is 19.1 Å². The molecule has 3 rings (SSSR count). The lowest BCUT2D eigenvalue weighted by Gasteiger charge is -2.29. The van der Waals surface area contributed by atoms with Gasteiger partial charge >= 0.3 is 16.1 Å². The fourth-order valence-corrected chi connectivity index (χ4v) is 4.30. The van der Waals surface area contributed by atoms with Crippen LogP contribution < -0.4 is 14.2 Å². The van der Waals surface area contributed by atoms with Gasteiger partial charge in [0.2, 0.25) is 0 Å². The minimum atomic E-state index is -4.22. The van der Waals surface area contributed by atoms with Gasteiger partial charge in [-0.1, -0.05) is 43.3 Å². The summed E-state index contributed by atoms with van der Waals surface area (Å²) in [5, 5.41) is 2.94. The summed E-state index contributed by atoms with van der Waals surface area (Å²) in [4.78, 5) is 14.5. The largest absolute Gasteiger partial charge is 0.493 e. The third kappa shape index (κ3) is 6.95. The first kappa shape index (κ1) is 26.0. The van der Waals surface area contributed by atoms with Crippen LogP contribution >= 0.6 is 0 Å². The van der Waals surface area contributed by atoms with Crippen LogP contribution in [0.15, 0.2) is 77.7 Å².